The van der Waals surface area contributed by atoms with Crippen molar-refractivity contribution >= 4 is 39.6 Å². The molecule has 4 heterocycles. The third-order valence-electron chi connectivity index (χ3n) is 8.74. The van der Waals surface area contributed by atoms with E-state index in [1.54, 1.807) is 17.9 Å². The number of carbonyl (C=O) groups excluding carboxylic acids is 4. The summed E-state index contributed by atoms with van der Waals surface area (Å²) in [5, 5.41) is 13.3. The fourth-order valence-corrected chi connectivity index (χ4v) is 7.13. The van der Waals surface area contributed by atoms with Crippen LogP contribution >= 0.6 is 15.9 Å². The maximum absolute atomic E-state index is 14.5. The van der Waals surface area contributed by atoms with E-state index in [4.69, 9.17) is 9.47 Å². The minimum Gasteiger partial charge on any atom is -0.460 e. The summed E-state index contributed by atoms with van der Waals surface area (Å²) in [6.45, 7) is 8.27. The smallest absolute Gasteiger partial charge is 0.313 e. The van der Waals surface area contributed by atoms with Crippen molar-refractivity contribution in [2.24, 2.45) is 17.8 Å². The lowest BCUT2D eigenvalue weighted by molar-refractivity contribution is -0.160. The van der Waals surface area contributed by atoms with Crippen molar-refractivity contribution in [2.45, 2.75) is 89.7 Å². The van der Waals surface area contributed by atoms with Gasteiger partial charge >= 0.3 is 5.97 Å². The number of ether oxygens (including phenoxy) is 2. The molecule has 0 aromatic heterocycles. The van der Waals surface area contributed by atoms with Gasteiger partial charge in [-0.3, -0.25) is 19.2 Å². The highest BCUT2D eigenvalue weighted by Gasteiger charge is 2.75. The second-order valence-corrected chi connectivity index (χ2v) is 12.3. The first-order chi connectivity index (χ1) is 19.1. The predicted octanol–water partition coefficient (Wildman–Crippen LogP) is 2.29. The molecule has 0 aromatic rings. The third-order valence-corrected chi connectivity index (χ3v) is 9.42. The molecule has 4 rings (SSSR count). The number of hydrogen-bond donors (Lipinski definition) is 2. The van der Waals surface area contributed by atoms with E-state index < -0.39 is 47.7 Å². The van der Waals surface area contributed by atoms with Crippen LogP contribution in [0.2, 0.25) is 0 Å². The Kier molecular flexibility index (Phi) is 9.78. The highest BCUT2D eigenvalue weighted by Crippen LogP contribution is 2.59. The number of unbranched alkanes of at least 4 members (excludes halogenated alkanes) is 1. The first kappa shape index (κ1) is 30.7. The summed E-state index contributed by atoms with van der Waals surface area (Å²) in [5.74, 6) is -3.47. The van der Waals surface area contributed by atoms with Gasteiger partial charge in [-0.15, -0.1) is 0 Å². The number of aliphatic hydroxyl groups is 1. The molecular weight excluding hydrogens is 582 g/mol. The van der Waals surface area contributed by atoms with Gasteiger partial charge in [0, 0.05) is 24.0 Å². The normalized spacial score (nSPS) is 35.2. The largest absolute Gasteiger partial charge is 0.460 e. The molecule has 1 spiro atoms. The standard InChI is InChI=1S/C29H42BrN3O7/c1-5-7-12-32-13-10-8-9-11-21(35)31-15-18(4)39-28(38)22-23-26(36)33(20(16-34)17(3)6-2)25(27(32)37)29(23)14-19(30)24(22)40-29/h8,10,14,17-18,20,22-25,34H,5-7,9,11-13,15-16H2,1-4H3,(H,31,35)/b10-8-/t17-,18-,20-,22+,23-,24+,25+,29-/m0/s1. The average Bonchev–Trinajstić information content (AvgIpc) is 3.52. The first-order valence-corrected chi connectivity index (χ1v) is 15.3. The second-order valence-electron chi connectivity index (χ2n) is 11.4. The monoisotopic (exact) mass is 623 g/mol. The Morgan fingerprint density at radius 2 is 1.95 bits per heavy atom. The van der Waals surface area contributed by atoms with Crippen LogP contribution in [0.25, 0.3) is 0 Å². The van der Waals surface area contributed by atoms with Gasteiger partial charge in [0.25, 0.3) is 0 Å². The van der Waals surface area contributed by atoms with E-state index in [0.717, 1.165) is 12.8 Å². The molecule has 8 atom stereocenters. The molecule has 4 aliphatic heterocycles. The van der Waals surface area contributed by atoms with Crippen LogP contribution in [-0.4, -0.2) is 94.7 Å². The molecule has 0 aliphatic carbocycles. The summed E-state index contributed by atoms with van der Waals surface area (Å²) < 4.78 is 12.8. The van der Waals surface area contributed by atoms with Gasteiger partial charge in [-0.25, -0.2) is 0 Å². The Hall–Kier alpha value is -2.24. The lowest BCUT2D eigenvalue weighted by atomic mass is 9.74. The van der Waals surface area contributed by atoms with Gasteiger partial charge in [0.2, 0.25) is 17.7 Å². The fraction of sp³-hybridized carbons (Fsp3) is 0.724. The average molecular weight is 625 g/mol. The van der Waals surface area contributed by atoms with Crippen molar-refractivity contribution < 1.29 is 33.8 Å². The van der Waals surface area contributed by atoms with Crippen LogP contribution in [0, 0.1) is 17.8 Å². The number of nitrogens with zero attached hydrogens (tertiary/aromatic N) is 2. The van der Waals surface area contributed by atoms with Crippen molar-refractivity contribution in [2.75, 3.05) is 26.2 Å². The molecule has 5 bridgehead atoms. The van der Waals surface area contributed by atoms with Gasteiger partial charge in [0.1, 0.15) is 29.8 Å². The van der Waals surface area contributed by atoms with Crippen LogP contribution in [0.5, 0.6) is 0 Å². The maximum atomic E-state index is 14.5. The van der Waals surface area contributed by atoms with Gasteiger partial charge in [0.15, 0.2) is 0 Å². The van der Waals surface area contributed by atoms with E-state index in [9.17, 15) is 24.3 Å². The number of cyclic esters (lactones) is 1. The Labute approximate surface area is 244 Å². The number of aliphatic hydroxyl groups excluding tert-OH is 1. The molecule has 0 radical (unpaired) electrons. The molecule has 2 N–H and O–H groups in total. The van der Waals surface area contributed by atoms with Crippen molar-refractivity contribution in [1.82, 2.24) is 15.1 Å². The van der Waals surface area contributed by atoms with Crippen molar-refractivity contribution in [3.05, 3.63) is 22.7 Å². The Morgan fingerprint density at radius 1 is 1.20 bits per heavy atom. The summed E-state index contributed by atoms with van der Waals surface area (Å²) >= 11 is 3.55. The van der Waals surface area contributed by atoms with E-state index in [1.807, 2.05) is 32.9 Å². The zero-order valence-electron chi connectivity index (χ0n) is 23.8. The molecule has 10 nitrogen and oxygen atoms in total. The van der Waals surface area contributed by atoms with Gasteiger partial charge in [0.05, 0.1) is 25.1 Å². The number of allylic oxidation sites excluding steroid dienone is 1. The van der Waals surface area contributed by atoms with Crippen molar-refractivity contribution in [1.29, 1.82) is 0 Å². The molecule has 40 heavy (non-hydrogen) atoms. The Balaban J connectivity index is 1.83. The number of carbonyl (C=O) groups is 4. The van der Waals surface area contributed by atoms with Crippen LogP contribution in [0.1, 0.15) is 59.8 Å². The minimum atomic E-state index is -1.37. The van der Waals surface area contributed by atoms with Crippen molar-refractivity contribution in [3.63, 3.8) is 0 Å². The lowest BCUT2D eigenvalue weighted by Gasteiger charge is -2.40. The minimum absolute atomic E-state index is 0.0972. The number of nitrogens with one attached hydrogen (secondary N) is 1. The first-order valence-electron chi connectivity index (χ1n) is 14.5. The lowest BCUT2D eigenvalue weighted by Crippen LogP contribution is -2.59. The van der Waals surface area contributed by atoms with Gasteiger partial charge < -0.3 is 29.7 Å². The van der Waals surface area contributed by atoms with Crippen LogP contribution in [0.3, 0.4) is 0 Å². The Bertz CT molecular complexity index is 1060. The van der Waals surface area contributed by atoms with Crippen molar-refractivity contribution in [3.8, 4) is 0 Å². The fourth-order valence-electron chi connectivity index (χ4n) is 6.39. The molecule has 3 amide bonds. The van der Waals surface area contributed by atoms with E-state index in [1.165, 1.54) is 4.90 Å². The van der Waals surface area contributed by atoms with E-state index in [-0.39, 0.29) is 43.2 Å². The van der Waals surface area contributed by atoms with Gasteiger partial charge in [-0.1, -0.05) is 61.7 Å². The number of fused-ring (bicyclic) bond motifs is 2. The second kappa shape index (κ2) is 12.7. The topological polar surface area (TPSA) is 125 Å². The highest BCUT2D eigenvalue weighted by molar-refractivity contribution is 9.11. The molecule has 0 unspecified atom stereocenters. The quantitative estimate of drug-likeness (QED) is 0.329. The molecular formula is C29H42BrN3O7. The van der Waals surface area contributed by atoms with Crippen LogP contribution < -0.4 is 5.32 Å². The zero-order chi connectivity index (χ0) is 29.2. The van der Waals surface area contributed by atoms with Crippen LogP contribution in [0.4, 0.5) is 0 Å². The molecule has 0 aromatic carbocycles. The highest BCUT2D eigenvalue weighted by atomic mass is 79.9. The molecule has 11 heteroatoms. The summed E-state index contributed by atoms with van der Waals surface area (Å²) in [6, 6.07) is -1.67. The SMILES string of the molecule is CCCCN1C/C=C\CCC(=O)NC[C@H](C)OC(=O)[C@H]2[C@@H]3O[C@@]4(C=C3Br)[C@@H]2C(=O)N([C@@H](CO)[C@@H](C)CC)[C@@H]4C1=O. The number of halogens is 1. The summed E-state index contributed by atoms with van der Waals surface area (Å²) in [5.41, 5.74) is -1.37. The summed E-state index contributed by atoms with van der Waals surface area (Å²) in [6.07, 6.45) is 7.26. The van der Waals surface area contributed by atoms with Gasteiger partial charge in [-0.05, 0) is 31.8 Å². The maximum Gasteiger partial charge on any atom is 0.313 e. The Morgan fingerprint density at radius 3 is 2.62 bits per heavy atom. The van der Waals surface area contributed by atoms with Gasteiger partial charge in [-0.2, -0.15) is 0 Å². The number of rotatable bonds is 7. The predicted molar refractivity (Wildman–Crippen MR) is 151 cm³/mol. The molecule has 222 valence electrons. The zero-order valence-corrected chi connectivity index (χ0v) is 25.4. The number of hydrogen-bond acceptors (Lipinski definition) is 7. The number of esters is 1. The molecule has 4 aliphatic rings. The van der Waals surface area contributed by atoms with E-state index >= 15 is 0 Å². The van der Waals surface area contributed by atoms with Crippen LogP contribution in [-0.2, 0) is 28.7 Å². The third kappa shape index (κ3) is 5.48. The number of amides is 3. The molecule has 2 fully saturated rings. The molecule has 0 saturated carbocycles. The summed E-state index contributed by atoms with van der Waals surface area (Å²) in [7, 11) is 0. The molecule has 2 saturated heterocycles. The van der Waals surface area contributed by atoms with E-state index in [0.29, 0.717) is 30.4 Å². The van der Waals surface area contributed by atoms with Crippen LogP contribution in [0.15, 0.2) is 22.7 Å². The summed E-state index contributed by atoms with van der Waals surface area (Å²) in [4.78, 5) is 58.0. The van der Waals surface area contributed by atoms with E-state index in [2.05, 4.69) is 21.2 Å². The number of likely N-dealkylation sites (tertiary alicyclic amines) is 1.